The average molecular weight is 359 g/mol. The lowest BCUT2D eigenvalue weighted by molar-refractivity contribution is 0.0613. The molecule has 4 atom stereocenters. The molecule has 1 saturated heterocycles. The molecule has 1 saturated carbocycles. The van der Waals surface area contributed by atoms with E-state index in [9.17, 15) is 9.90 Å². The molecule has 1 amide bonds. The van der Waals surface area contributed by atoms with E-state index >= 15 is 0 Å². The van der Waals surface area contributed by atoms with Crippen molar-refractivity contribution >= 4 is 5.91 Å². The van der Waals surface area contributed by atoms with E-state index in [1.165, 1.54) is 6.26 Å². The molecule has 1 aliphatic heterocycles. The van der Waals surface area contributed by atoms with Gasteiger partial charge < -0.3 is 14.5 Å². The lowest BCUT2D eigenvalue weighted by Crippen LogP contribution is -2.44. The number of likely N-dealkylation sites (tertiary alicyclic amines) is 1. The molecule has 2 aromatic heterocycles. The zero-order chi connectivity index (χ0) is 18.3. The lowest BCUT2D eigenvalue weighted by atomic mass is 9.89. The van der Waals surface area contributed by atoms with Crippen LogP contribution in [0, 0.1) is 6.92 Å². The number of aliphatic hydroxyl groups excluding tert-OH is 1. The van der Waals surface area contributed by atoms with E-state index in [1.807, 2.05) is 15.8 Å². The number of hydrogen-bond donors (Lipinski definition) is 1. The Morgan fingerprint density at radius 2 is 2.19 bits per heavy atom. The van der Waals surface area contributed by atoms with Crippen LogP contribution in [-0.4, -0.2) is 54.8 Å². The van der Waals surface area contributed by atoms with Gasteiger partial charge in [-0.1, -0.05) is 10.4 Å². The van der Waals surface area contributed by atoms with Crippen LogP contribution >= 0.6 is 0 Å². The SMILES string of the molecule is Cc1nocc1C(=O)N1CCC(c2cn([C@H]3CCC[C@@H]3O)nn2)CC1C. The Morgan fingerprint density at radius 3 is 2.85 bits per heavy atom. The van der Waals surface area contributed by atoms with E-state index in [-0.39, 0.29) is 30.0 Å². The lowest BCUT2D eigenvalue weighted by Gasteiger charge is -2.37. The van der Waals surface area contributed by atoms with Gasteiger partial charge in [0.1, 0.15) is 11.8 Å². The summed E-state index contributed by atoms with van der Waals surface area (Å²) in [4.78, 5) is 14.6. The minimum atomic E-state index is -0.324. The highest BCUT2D eigenvalue weighted by Gasteiger charge is 2.34. The predicted molar refractivity (Wildman–Crippen MR) is 92.6 cm³/mol. The molecule has 0 aromatic carbocycles. The standard InChI is InChI=1S/C18H25N5O3/c1-11-8-13(6-7-22(11)18(25)14-10-26-20-12(14)2)15-9-23(21-19-15)16-4-3-5-17(16)24/h9-11,13,16-17,24H,3-8H2,1-2H3/t11?,13?,16-,17-/m0/s1. The third-order valence-electron chi connectivity index (χ3n) is 5.85. The van der Waals surface area contributed by atoms with Gasteiger partial charge in [0.15, 0.2) is 0 Å². The predicted octanol–water partition coefficient (Wildman–Crippen LogP) is 2.07. The van der Waals surface area contributed by atoms with Gasteiger partial charge in [-0.3, -0.25) is 4.79 Å². The van der Waals surface area contributed by atoms with Crippen LogP contribution in [0.5, 0.6) is 0 Å². The topological polar surface area (TPSA) is 97.3 Å². The van der Waals surface area contributed by atoms with Crippen LogP contribution in [0.2, 0.25) is 0 Å². The average Bonchev–Trinajstić information content (AvgIpc) is 3.34. The van der Waals surface area contributed by atoms with E-state index in [4.69, 9.17) is 4.52 Å². The Balaban J connectivity index is 1.43. The molecule has 140 valence electrons. The summed E-state index contributed by atoms with van der Waals surface area (Å²) in [5.41, 5.74) is 2.13. The number of carbonyl (C=O) groups excluding carboxylic acids is 1. The summed E-state index contributed by atoms with van der Waals surface area (Å²) in [5, 5.41) is 22.5. The van der Waals surface area contributed by atoms with Crippen molar-refractivity contribution in [2.24, 2.45) is 0 Å². The molecule has 0 spiro atoms. The zero-order valence-corrected chi connectivity index (χ0v) is 15.2. The van der Waals surface area contributed by atoms with E-state index in [2.05, 4.69) is 22.4 Å². The Kier molecular flexibility index (Phi) is 4.52. The summed E-state index contributed by atoms with van der Waals surface area (Å²) < 4.78 is 6.73. The Labute approximate surface area is 152 Å². The summed E-state index contributed by atoms with van der Waals surface area (Å²) in [6.45, 7) is 4.52. The first kappa shape index (κ1) is 17.2. The molecule has 1 aliphatic carbocycles. The van der Waals surface area contributed by atoms with Gasteiger partial charge in [-0.25, -0.2) is 4.68 Å². The summed E-state index contributed by atoms with van der Waals surface area (Å²) in [7, 11) is 0. The van der Waals surface area contributed by atoms with Gasteiger partial charge in [0, 0.05) is 24.7 Å². The molecule has 8 nitrogen and oxygen atoms in total. The number of carbonyl (C=O) groups is 1. The van der Waals surface area contributed by atoms with Crippen LogP contribution in [0.3, 0.4) is 0 Å². The van der Waals surface area contributed by atoms with Gasteiger partial charge >= 0.3 is 0 Å². The fraction of sp³-hybridized carbons (Fsp3) is 0.667. The number of aliphatic hydroxyl groups is 1. The number of piperidine rings is 1. The summed E-state index contributed by atoms with van der Waals surface area (Å²) in [5.74, 6) is 0.261. The molecule has 0 bridgehead atoms. The van der Waals surface area contributed by atoms with Crippen molar-refractivity contribution in [1.29, 1.82) is 0 Å². The Bertz CT molecular complexity index is 785. The Morgan fingerprint density at radius 1 is 1.35 bits per heavy atom. The highest BCUT2D eigenvalue weighted by atomic mass is 16.5. The minimum Gasteiger partial charge on any atom is -0.391 e. The van der Waals surface area contributed by atoms with Crippen molar-refractivity contribution in [3.05, 3.63) is 29.4 Å². The van der Waals surface area contributed by atoms with Crippen LogP contribution in [0.25, 0.3) is 0 Å². The molecule has 2 aliphatic rings. The van der Waals surface area contributed by atoms with Crippen LogP contribution in [0.1, 0.15) is 72.7 Å². The fourth-order valence-electron chi connectivity index (χ4n) is 4.26. The second-order valence-electron chi connectivity index (χ2n) is 7.57. The summed E-state index contributed by atoms with van der Waals surface area (Å²) in [6.07, 6.45) is 7.60. The first-order chi connectivity index (χ1) is 12.5. The third kappa shape index (κ3) is 3.02. The first-order valence-electron chi connectivity index (χ1n) is 9.36. The van der Waals surface area contributed by atoms with Crippen LogP contribution < -0.4 is 0 Å². The zero-order valence-electron chi connectivity index (χ0n) is 15.2. The maximum atomic E-state index is 12.7. The molecule has 26 heavy (non-hydrogen) atoms. The van der Waals surface area contributed by atoms with Gasteiger partial charge in [-0.15, -0.1) is 5.10 Å². The second-order valence-corrected chi connectivity index (χ2v) is 7.57. The van der Waals surface area contributed by atoms with Crippen molar-refractivity contribution in [1.82, 2.24) is 25.1 Å². The van der Waals surface area contributed by atoms with Crippen molar-refractivity contribution in [2.45, 2.75) is 70.1 Å². The second kappa shape index (κ2) is 6.83. The van der Waals surface area contributed by atoms with Gasteiger partial charge in [-0.2, -0.15) is 0 Å². The molecule has 1 N–H and O–H groups in total. The van der Waals surface area contributed by atoms with Crippen LogP contribution in [-0.2, 0) is 0 Å². The molecule has 3 heterocycles. The van der Waals surface area contributed by atoms with E-state index < -0.39 is 0 Å². The van der Waals surface area contributed by atoms with E-state index in [1.54, 1.807) is 6.92 Å². The number of rotatable bonds is 3. The number of nitrogens with zero attached hydrogens (tertiary/aromatic N) is 5. The van der Waals surface area contributed by atoms with Crippen molar-refractivity contribution in [3.63, 3.8) is 0 Å². The molecular weight excluding hydrogens is 334 g/mol. The molecule has 8 heteroatoms. The monoisotopic (exact) mass is 359 g/mol. The molecule has 2 unspecified atom stereocenters. The number of hydrogen-bond acceptors (Lipinski definition) is 6. The summed E-state index contributed by atoms with van der Waals surface area (Å²) >= 11 is 0. The highest BCUT2D eigenvalue weighted by Crippen LogP contribution is 2.34. The maximum Gasteiger partial charge on any atom is 0.259 e. The quantitative estimate of drug-likeness (QED) is 0.901. The number of amides is 1. The van der Waals surface area contributed by atoms with Gasteiger partial charge in [0.25, 0.3) is 5.91 Å². The summed E-state index contributed by atoms with van der Waals surface area (Å²) in [6, 6.07) is 0.157. The first-order valence-corrected chi connectivity index (χ1v) is 9.36. The third-order valence-corrected chi connectivity index (χ3v) is 5.85. The van der Waals surface area contributed by atoms with Crippen LogP contribution in [0.15, 0.2) is 17.0 Å². The van der Waals surface area contributed by atoms with Gasteiger partial charge in [-0.05, 0) is 46.0 Å². The Hall–Kier alpha value is -2.22. The van der Waals surface area contributed by atoms with Gasteiger partial charge in [0.05, 0.1) is 23.5 Å². The maximum absolute atomic E-state index is 12.7. The smallest absolute Gasteiger partial charge is 0.259 e. The molecule has 2 fully saturated rings. The minimum absolute atomic E-state index is 0.0209. The number of aromatic nitrogens is 4. The molecular formula is C18H25N5O3. The highest BCUT2D eigenvalue weighted by molar-refractivity contribution is 5.95. The van der Waals surface area contributed by atoms with E-state index in [0.717, 1.165) is 37.8 Å². The molecule has 4 rings (SSSR count). The van der Waals surface area contributed by atoms with Crippen molar-refractivity contribution < 1.29 is 14.4 Å². The van der Waals surface area contributed by atoms with E-state index in [0.29, 0.717) is 17.8 Å². The van der Waals surface area contributed by atoms with Crippen LogP contribution in [0.4, 0.5) is 0 Å². The van der Waals surface area contributed by atoms with Crippen molar-refractivity contribution in [2.75, 3.05) is 6.54 Å². The fourth-order valence-corrected chi connectivity index (χ4v) is 4.26. The normalized spacial score (nSPS) is 29.3. The molecule has 2 aromatic rings. The van der Waals surface area contributed by atoms with Crippen molar-refractivity contribution in [3.8, 4) is 0 Å². The van der Waals surface area contributed by atoms with Gasteiger partial charge in [0.2, 0.25) is 0 Å². The largest absolute Gasteiger partial charge is 0.391 e. The number of aryl methyl sites for hydroxylation is 1. The molecule has 0 radical (unpaired) electrons.